The number of nitrogens with one attached hydrogen (secondary N) is 1. The van der Waals surface area contributed by atoms with E-state index >= 15 is 0 Å². The maximum absolute atomic E-state index is 11.3. The van der Waals surface area contributed by atoms with Gasteiger partial charge in [0.2, 0.25) is 0 Å². The van der Waals surface area contributed by atoms with Gasteiger partial charge in [-0.1, -0.05) is 27.7 Å². The van der Waals surface area contributed by atoms with E-state index in [1.807, 2.05) is 34.6 Å². The van der Waals surface area contributed by atoms with Crippen LogP contribution < -0.4 is 5.32 Å². The molecule has 0 aromatic heterocycles. The lowest BCUT2D eigenvalue weighted by Gasteiger charge is -2.08. The van der Waals surface area contributed by atoms with Gasteiger partial charge in [-0.05, 0) is 37.6 Å². The average molecular weight is 291 g/mol. The number of anilines is 1. The van der Waals surface area contributed by atoms with Crippen LogP contribution in [0.15, 0.2) is 35.5 Å². The van der Waals surface area contributed by atoms with Crippen molar-refractivity contribution in [2.75, 3.05) is 5.32 Å². The lowest BCUT2D eigenvalue weighted by atomic mass is 10.2. The summed E-state index contributed by atoms with van der Waals surface area (Å²) in [5, 5.41) is 11.9. The van der Waals surface area contributed by atoms with Gasteiger partial charge in [0, 0.05) is 23.4 Å². The van der Waals surface area contributed by atoms with E-state index in [1.54, 1.807) is 12.1 Å². The molecule has 0 heterocycles. The van der Waals surface area contributed by atoms with Crippen molar-refractivity contribution in [1.82, 2.24) is 0 Å². The zero-order valence-corrected chi connectivity index (χ0v) is 13.5. The van der Waals surface area contributed by atoms with Gasteiger partial charge < -0.3 is 10.4 Å². The van der Waals surface area contributed by atoms with Gasteiger partial charge in [-0.2, -0.15) is 0 Å². The Kier molecular flexibility index (Phi) is 8.77. The maximum Gasteiger partial charge on any atom is 0.335 e. The molecule has 1 aromatic carbocycles. The summed E-state index contributed by atoms with van der Waals surface area (Å²) in [6.07, 6.45) is 1.28. The summed E-state index contributed by atoms with van der Waals surface area (Å²) in [5.74, 6) is -0.766. The third-order valence-corrected chi connectivity index (χ3v) is 2.90. The first-order valence-electron chi connectivity index (χ1n) is 7.41. The van der Waals surface area contributed by atoms with Gasteiger partial charge in [0.15, 0.2) is 5.78 Å². The number of carbonyl (C=O) groups excluding carboxylic acids is 1. The number of rotatable bonds is 3. The van der Waals surface area contributed by atoms with E-state index in [2.05, 4.69) is 5.32 Å². The summed E-state index contributed by atoms with van der Waals surface area (Å²) in [6, 6.07) is 6.48. The number of aromatic carboxylic acids is 1. The summed E-state index contributed by atoms with van der Waals surface area (Å²) < 4.78 is 0. The van der Waals surface area contributed by atoms with Gasteiger partial charge >= 0.3 is 5.97 Å². The Balaban J connectivity index is 0.000000921. The number of allylic oxidation sites excluding steroid dienone is 2. The number of hydrogen-bond acceptors (Lipinski definition) is 3. The molecule has 0 unspecified atom stereocenters. The van der Waals surface area contributed by atoms with Crippen LogP contribution in [0.3, 0.4) is 0 Å². The average Bonchev–Trinajstić information content (AvgIpc) is 2.84. The van der Waals surface area contributed by atoms with E-state index in [-0.39, 0.29) is 11.3 Å². The molecule has 0 atom stereocenters. The Morgan fingerprint density at radius 3 is 1.95 bits per heavy atom. The molecule has 21 heavy (non-hydrogen) atoms. The summed E-state index contributed by atoms with van der Waals surface area (Å²) in [6.45, 7) is 9.81. The van der Waals surface area contributed by atoms with Crippen LogP contribution in [-0.2, 0) is 4.79 Å². The molecule has 0 saturated heterocycles. The summed E-state index contributed by atoms with van der Waals surface area (Å²) >= 11 is 0. The molecule has 0 bridgehead atoms. The van der Waals surface area contributed by atoms with Gasteiger partial charge in [0.1, 0.15) is 0 Å². The van der Waals surface area contributed by atoms with Crippen LogP contribution >= 0.6 is 0 Å². The number of hydrogen-bond donors (Lipinski definition) is 2. The van der Waals surface area contributed by atoms with Crippen molar-refractivity contribution in [1.29, 1.82) is 0 Å². The quantitative estimate of drug-likeness (QED) is 0.861. The fraction of sp³-hybridized carbons (Fsp3) is 0.412. The van der Waals surface area contributed by atoms with E-state index < -0.39 is 5.97 Å². The minimum Gasteiger partial charge on any atom is -0.478 e. The molecule has 0 radical (unpaired) electrons. The highest BCUT2D eigenvalue weighted by Gasteiger charge is 2.18. The third kappa shape index (κ3) is 5.42. The highest BCUT2D eigenvalue weighted by atomic mass is 16.4. The minimum atomic E-state index is -0.942. The summed E-state index contributed by atoms with van der Waals surface area (Å²) in [4.78, 5) is 22.0. The van der Waals surface area contributed by atoms with E-state index in [0.717, 1.165) is 23.4 Å². The Labute approximate surface area is 126 Å². The molecule has 1 aliphatic carbocycles. The topological polar surface area (TPSA) is 66.4 Å². The second kappa shape index (κ2) is 9.75. The Morgan fingerprint density at radius 2 is 1.57 bits per heavy atom. The second-order valence-electron chi connectivity index (χ2n) is 4.03. The standard InChI is InChI=1S/C13H13NO3.2C2H6/c1-8-11(6-7-12(8)15)14-10-4-2-9(3-5-10)13(16)17;2*1-2/h2-5,14H,6-7H2,1H3,(H,16,17);2*1-2H3. The second-order valence-corrected chi connectivity index (χ2v) is 4.03. The number of benzene rings is 1. The zero-order chi connectivity index (χ0) is 16.4. The van der Waals surface area contributed by atoms with Crippen LogP contribution in [0.1, 0.15) is 57.8 Å². The molecule has 4 heteroatoms. The van der Waals surface area contributed by atoms with Crippen molar-refractivity contribution in [3.05, 3.63) is 41.1 Å². The van der Waals surface area contributed by atoms with Crippen molar-refractivity contribution >= 4 is 17.4 Å². The number of carboxylic acid groups (broad SMARTS) is 1. The van der Waals surface area contributed by atoms with Crippen LogP contribution in [0.4, 0.5) is 5.69 Å². The van der Waals surface area contributed by atoms with Gasteiger partial charge in [0.25, 0.3) is 0 Å². The van der Waals surface area contributed by atoms with Crippen LogP contribution in [0.2, 0.25) is 0 Å². The highest BCUT2D eigenvalue weighted by molar-refractivity contribution is 5.98. The van der Waals surface area contributed by atoms with E-state index in [4.69, 9.17) is 5.11 Å². The monoisotopic (exact) mass is 291 g/mol. The smallest absolute Gasteiger partial charge is 0.335 e. The first kappa shape index (κ1) is 18.9. The largest absolute Gasteiger partial charge is 0.478 e. The third-order valence-electron chi connectivity index (χ3n) is 2.90. The van der Waals surface area contributed by atoms with Crippen molar-refractivity contribution in [3.63, 3.8) is 0 Å². The van der Waals surface area contributed by atoms with E-state index in [1.165, 1.54) is 12.1 Å². The molecular formula is C17H25NO3. The molecule has 0 spiro atoms. The molecule has 2 N–H and O–H groups in total. The van der Waals surface area contributed by atoms with Gasteiger partial charge in [0.05, 0.1) is 5.56 Å². The van der Waals surface area contributed by atoms with Crippen molar-refractivity contribution in [2.24, 2.45) is 0 Å². The molecule has 0 saturated carbocycles. The predicted molar refractivity (Wildman–Crippen MR) is 86.7 cm³/mol. The lowest BCUT2D eigenvalue weighted by molar-refractivity contribution is -0.114. The summed E-state index contributed by atoms with van der Waals surface area (Å²) in [5.41, 5.74) is 2.76. The Morgan fingerprint density at radius 1 is 1.05 bits per heavy atom. The Hall–Kier alpha value is -2.10. The van der Waals surface area contributed by atoms with Gasteiger partial charge in [-0.25, -0.2) is 4.79 Å². The maximum atomic E-state index is 11.3. The van der Waals surface area contributed by atoms with Crippen molar-refractivity contribution in [2.45, 2.75) is 47.5 Å². The zero-order valence-electron chi connectivity index (χ0n) is 13.5. The Bertz CT molecular complexity index is 501. The van der Waals surface area contributed by atoms with Gasteiger partial charge in [-0.3, -0.25) is 4.79 Å². The fourth-order valence-corrected chi connectivity index (χ4v) is 1.81. The molecule has 0 amide bonds. The highest BCUT2D eigenvalue weighted by Crippen LogP contribution is 2.24. The molecule has 0 fully saturated rings. The molecule has 4 nitrogen and oxygen atoms in total. The predicted octanol–water partition coefficient (Wildman–Crippen LogP) is 4.49. The van der Waals surface area contributed by atoms with E-state index in [9.17, 15) is 9.59 Å². The molecule has 116 valence electrons. The fourth-order valence-electron chi connectivity index (χ4n) is 1.81. The van der Waals surface area contributed by atoms with Gasteiger partial charge in [-0.15, -0.1) is 0 Å². The normalized spacial score (nSPS) is 12.9. The molecule has 0 aliphatic heterocycles. The molecule has 1 aromatic rings. The molecule has 2 rings (SSSR count). The molecule has 1 aliphatic rings. The SMILES string of the molecule is CC.CC.CC1=C(Nc2ccc(C(=O)O)cc2)CCC1=O. The van der Waals surface area contributed by atoms with Crippen LogP contribution in [0.25, 0.3) is 0 Å². The lowest BCUT2D eigenvalue weighted by Crippen LogP contribution is -2.01. The molecular weight excluding hydrogens is 266 g/mol. The van der Waals surface area contributed by atoms with Crippen LogP contribution in [0.5, 0.6) is 0 Å². The minimum absolute atomic E-state index is 0.176. The first-order valence-corrected chi connectivity index (χ1v) is 7.41. The number of carboxylic acids is 1. The van der Waals surface area contributed by atoms with Crippen LogP contribution in [-0.4, -0.2) is 16.9 Å². The number of ketones is 1. The van der Waals surface area contributed by atoms with Crippen molar-refractivity contribution in [3.8, 4) is 0 Å². The van der Waals surface area contributed by atoms with E-state index in [0.29, 0.717) is 6.42 Å². The number of Topliss-reactive ketones (excluding diaryl/α,β-unsaturated/α-hetero) is 1. The van der Waals surface area contributed by atoms with Crippen molar-refractivity contribution < 1.29 is 14.7 Å². The summed E-state index contributed by atoms with van der Waals surface area (Å²) in [7, 11) is 0. The first-order chi connectivity index (χ1) is 10.1. The number of carbonyl (C=O) groups is 2. The van der Waals surface area contributed by atoms with Crippen LogP contribution in [0, 0.1) is 0 Å².